The molecule has 0 amide bonds. The SMILES string of the molecule is CCNC(=NCCCN(CC)CC)NC1CCN(c2ncccc2Cl)C1. The predicted octanol–water partition coefficient (Wildman–Crippen LogP) is 2.60. The van der Waals surface area contributed by atoms with Crippen molar-refractivity contribution in [3.8, 4) is 0 Å². The van der Waals surface area contributed by atoms with Crippen molar-refractivity contribution in [2.75, 3.05) is 50.7 Å². The molecule has 0 radical (unpaired) electrons. The summed E-state index contributed by atoms with van der Waals surface area (Å²) in [6.07, 6.45) is 3.93. The maximum atomic E-state index is 6.28. The molecule has 1 saturated heterocycles. The number of aromatic nitrogens is 1. The number of rotatable bonds is 9. The van der Waals surface area contributed by atoms with Crippen LogP contribution in [0.1, 0.15) is 33.6 Å². The van der Waals surface area contributed by atoms with E-state index in [1.165, 1.54) is 0 Å². The summed E-state index contributed by atoms with van der Waals surface area (Å²) >= 11 is 6.28. The van der Waals surface area contributed by atoms with E-state index in [9.17, 15) is 0 Å². The van der Waals surface area contributed by atoms with Crippen LogP contribution in [0.4, 0.5) is 5.82 Å². The highest BCUT2D eigenvalue weighted by atomic mass is 35.5. The summed E-state index contributed by atoms with van der Waals surface area (Å²) in [5.74, 6) is 1.78. The molecule has 1 aromatic heterocycles. The lowest BCUT2D eigenvalue weighted by atomic mass is 10.3. The zero-order valence-corrected chi connectivity index (χ0v) is 17.1. The van der Waals surface area contributed by atoms with E-state index < -0.39 is 0 Å². The molecule has 2 N–H and O–H groups in total. The van der Waals surface area contributed by atoms with E-state index in [0.29, 0.717) is 11.1 Å². The van der Waals surface area contributed by atoms with Gasteiger partial charge in [-0.2, -0.15) is 0 Å². The van der Waals surface area contributed by atoms with E-state index in [1.807, 2.05) is 12.1 Å². The van der Waals surface area contributed by atoms with Gasteiger partial charge in [-0.25, -0.2) is 4.98 Å². The van der Waals surface area contributed by atoms with Crippen molar-refractivity contribution < 1.29 is 0 Å². The zero-order chi connectivity index (χ0) is 18.8. The Morgan fingerprint density at radius 2 is 2.19 bits per heavy atom. The molecular formula is C19H33ClN6. The van der Waals surface area contributed by atoms with Crippen LogP contribution >= 0.6 is 11.6 Å². The van der Waals surface area contributed by atoms with Crippen molar-refractivity contribution in [3.05, 3.63) is 23.4 Å². The van der Waals surface area contributed by atoms with E-state index >= 15 is 0 Å². The first-order valence-corrected chi connectivity index (χ1v) is 10.2. The van der Waals surface area contributed by atoms with Gasteiger partial charge in [0.2, 0.25) is 0 Å². The average molecular weight is 381 g/mol. The molecule has 2 heterocycles. The van der Waals surface area contributed by atoms with Crippen LogP contribution in [0.3, 0.4) is 0 Å². The van der Waals surface area contributed by atoms with Crippen molar-refractivity contribution in [3.63, 3.8) is 0 Å². The molecule has 7 heteroatoms. The molecule has 1 aliphatic heterocycles. The summed E-state index contributed by atoms with van der Waals surface area (Å²) in [4.78, 5) is 13.8. The lowest BCUT2D eigenvalue weighted by Crippen LogP contribution is -2.44. The molecule has 0 aromatic carbocycles. The molecule has 0 saturated carbocycles. The summed E-state index contributed by atoms with van der Waals surface area (Å²) in [6, 6.07) is 4.12. The molecule has 26 heavy (non-hydrogen) atoms. The Morgan fingerprint density at radius 1 is 1.38 bits per heavy atom. The van der Waals surface area contributed by atoms with E-state index in [1.54, 1.807) is 6.20 Å². The van der Waals surface area contributed by atoms with Gasteiger partial charge < -0.3 is 20.4 Å². The number of nitrogens with zero attached hydrogens (tertiary/aromatic N) is 4. The second-order valence-electron chi connectivity index (χ2n) is 6.53. The highest BCUT2D eigenvalue weighted by molar-refractivity contribution is 6.32. The minimum Gasteiger partial charge on any atom is -0.357 e. The van der Waals surface area contributed by atoms with Gasteiger partial charge in [0.1, 0.15) is 5.82 Å². The van der Waals surface area contributed by atoms with Crippen molar-refractivity contribution in [2.45, 2.75) is 39.7 Å². The maximum Gasteiger partial charge on any atom is 0.191 e. The summed E-state index contributed by atoms with van der Waals surface area (Å²) in [7, 11) is 0. The van der Waals surface area contributed by atoms with Crippen LogP contribution in [0.15, 0.2) is 23.3 Å². The Bertz CT molecular complexity index is 561. The van der Waals surface area contributed by atoms with Gasteiger partial charge >= 0.3 is 0 Å². The topological polar surface area (TPSA) is 55.8 Å². The lowest BCUT2D eigenvalue weighted by molar-refractivity contribution is 0.302. The van der Waals surface area contributed by atoms with E-state index in [2.05, 4.69) is 46.2 Å². The van der Waals surface area contributed by atoms with Crippen LogP contribution in [-0.2, 0) is 0 Å². The molecule has 1 aliphatic rings. The fourth-order valence-corrected chi connectivity index (χ4v) is 3.46. The quantitative estimate of drug-likeness (QED) is 0.392. The average Bonchev–Trinajstić information content (AvgIpc) is 3.10. The summed E-state index contributed by atoms with van der Waals surface area (Å²) in [5.41, 5.74) is 0. The number of aliphatic imine (C=N–C) groups is 1. The van der Waals surface area contributed by atoms with Gasteiger partial charge in [0.15, 0.2) is 5.96 Å². The highest BCUT2D eigenvalue weighted by Crippen LogP contribution is 2.25. The molecule has 1 aromatic rings. The highest BCUT2D eigenvalue weighted by Gasteiger charge is 2.25. The standard InChI is InChI=1S/C19H33ClN6/c1-4-21-19(23-12-8-13-25(5-2)6-3)24-16-10-14-26(15-16)18-17(20)9-7-11-22-18/h7,9,11,16H,4-6,8,10,12-15H2,1-3H3,(H2,21,23,24). The third kappa shape index (κ3) is 6.32. The Kier molecular flexibility index (Phi) is 8.98. The van der Waals surface area contributed by atoms with Gasteiger partial charge in [-0.05, 0) is 51.5 Å². The molecule has 146 valence electrons. The normalized spacial score (nSPS) is 17.8. The summed E-state index contributed by atoms with van der Waals surface area (Å²) in [6.45, 7) is 13.4. The fourth-order valence-electron chi connectivity index (χ4n) is 3.22. The number of nitrogens with one attached hydrogen (secondary N) is 2. The van der Waals surface area contributed by atoms with Gasteiger partial charge in [-0.3, -0.25) is 4.99 Å². The van der Waals surface area contributed by atoms with Crippen LogP contribution in [-0.4, -0.2) is 67.7 Å². The third-order valence-electron chi connectivity index (χ3n) is 4.71. The van der Waals surface area contributed by atoms with Crippen molar-refractivity contribution in [1.82, 2.24) is 20.5 Å². The number of anilines is 1. The Labute approximate surface area is 163 Å². The third-order valence-corrected chi connectivity index (χ3v) is 5.00. The van der Waals surface area contributed by atoms with Crippen molar-refractivity contribution in [2.24, 2.45) is 4.99 Å². The molecule has 6 nitrogen and oxygen atoms in total. The van der Waals surface area contributed by atoms with Crippen LogP contribution in [0.25, 0.3) is 0 Å². The van der Waals surface area contributed by atoms with E-state index in [4.69, 9.17) is 16.6 Å². The predicted molar refractivity (Wildman–Crippen MR) is 111 cm³/mol. The Morgan fingerprint density at radius 3 is 2.88 bits per heavy atom. The van der Waals surface area contributed by atoms with E-state index in [0.717, 1.165) is 70.4 Å². The summed E-state index contributed by atoms with van der Waals surface area (Å²) in [5, 5.41) is 7.63. The lowest BCUT2D eigenvalue weighted by Gasteiger charge is -2.20. The Balaban J connectivity index is 1.84. The first-order valence-electron chi connectivity index (χ1n) is 9.80. The number of hydrogen-bond acceptors (Lipinski definition) is 4. The second-order valence-corrected chi connectivity index (χ2v) is 6.93. The first-order chi connectivity index (χ1) is 12.7. The molecule has 2 rings (SSSR count). The first kappa shape index (κ1) is 20.8. The zero-order valence-electron chi connectivity index (χ0n) is 16.3. The van der Waals surface area contributed by atoms with Gasteiger partial charge in [-0.1, -0.05) is 25.4 Å². The van der Waals surface area contributed by atoms with Gasteiger partial charge in [0.05, 0.1) is 5.02 Å². The Hall–Kier alpha value is -1.53. The van der Waals surface area contributed by atoms with Gasteiger partial charge in [0, 0.05) is 38.4 Å². The molecule has 0 spiro atoms. The van der Waals surface area contributed by atoms with Crippen molar-refractivity contribution >= 4 is 23.4 Å². The van der Waals surface area contributed by atoms with Gasteiger partial charge in [-0.15, -0.1) is 0 Å². The number of pyridine rings is 1. The number of guanidine groups is 1. The van der Waals surface area contributed by atoms with Crippen LogP contribution in [0.5, 0.6) is 0 Å². The second kappa shape index (κ2) is 11.2. The molecule has 1 fully saturated rings. The van der Waals surface area contributed by atoms with Crippen LogP contribution in [0.2, 0.25) is 5.02 Å². The largest absolute Gasteiger partial charge is 0.357 e. The summed E-state index contributed by atoms with van der Waals surface area (Å²) < 4.78 is 0. The van der Waals surface area contributed by atoms with Crippen molar-refractivity contribution in [1.29, 1.82) is 0 Å². The van der Waals surface area contributed by atoms with Crippen LogP contribution in [0, 0.1) is 0 Å². The van der Waals surface area contributed by atoms with Gasteiger partial charge in [0.25, 0.3) is 0 Å². The monoisotopic (exact) mass is 380 g/mol. The minimum atomic E-state index is 0.355. The maximum absolute atomic E-state index is 6.28. The minimum absolute atomic E-state index is 0.355. The number of hydrogen-bond donors (Lipinski definition) is 2. The smallest absolute Gasteiger partial charge is 0.191 e. The van der Waals surface area contributed by atoms with E-state index in [-0.39, 0.29) is 0 Å². The molecular weight excluding hydrogens is 348 g/mol. The molecule has 0 bridgehead atoms. The fraction of sp³-hybridized carbons (Fsp3) is 0.684. The number of halogens is 1. The molecule has 1 atom stereocenters. The molecule has 0 aliphatic carbocycles. The van der Waals surface area contributed by atoms with Crippen LogP contribution < -0.4 is 15.5 Å². The molecule has 1 unspecified atom stereocenters.